The van der Waals surface area contributed by atoms with E-state index >= 15 is 0 Å². The van der Waals surface area contributed by atoms with E-state index in [1.165, 1.54) is 12.8 Å². The Morgan fingerprint density at radius 3 is 2.68 bits per heavy atom. The van der Waals surface area contributed by atoms with Crippen LogP contribution in [0.15, 0.2) is 24.3 Å². The Morgan fingerprint density at radius 1 is 1.42 bits per heavy atom. The Bertz CT molecular complexity index is 412. The number of carbonyl (C=O) groups is 1. The topological polar surface area (TPSA) is 58.6 Å². The van der Waals surface area contributed by atoms with Crippen molar-refractivity contribution in [2.45, 2.75) is 38.3 Å². The highest BCUT2D eigenvalue weighted by atomic mass is 16.5. The van der Waals surface area contributed by atoms with E-state index in [0.717, 1.165) is 0 Å². The molecule has 0 aliphatic heterocycles. The summed E-state index contributed by atoms with van der Waals surface area (Å²) in [5.74, 6) is 0.804. The molecular formula is C15H21NO3. The predicted molar refractivity (Wildman–Crippen MR) is 73.6 cm³/mol. The van der Waals surface area contributed by atoms with Gasteiger partial charge in [0.15, 0.2) is 5.78 Å². The van der Waals surface area contributed by atoms with E-state index in [-0.39, 0.29) is 12.4 Å². The van der Waals surface area contributed by atoms with Crippen molar-refractivity contribution in [1.82, 2.24) is 5.32 Å². The number of ketones is 1. The summed E-state index contributed by atoms with van der Waals surface area (Å²) in [6.45, 7) is 2.67. The number of aliphatic hydroxyl groups excluding tert-OH is 1. The third-order valence-corrected chi connectivity index (χ3v) is 3.16. The molecule has 4 nitrogen and oxygen atoms in total. The lowest BCUT2D eigenvalue weighted by molar-refractivity contribution is 0.0986. The van der Waals surface area contributed by atoms with Gasteiger partial charge in [-0.05, 0) is 37.1 Å². The second-order valence-corrected chi connectivity index (χ2v) is 4.95. The van der Waals surface area contributed by atoms with Crippen LogP contribution in [0.5, 0.6) is 5.75 Å². The zero-order valence-electron chi connectivity index (χ0n) is 11.3. The van der Waals surface area contributed by atoms with Crippen molar-refractivity contribution in [2.24, 2.45) is 0 Å². The summed E-state index contributed by atoms with van der Waals surface area (Å²) in [5, 5.41) is 13.0. The van der Waals surface area contributed by atoms with Crippen LogP contribution in [0, 0.1) is 0 Å². The Kier molecular flexibility index (Phi) is 4.93. The van der Waals surface area contributed by atoms with Crippen molar-refractivity contribution in [3.8, 4) is 5.75 Å². The lowest BCUT2D eigenvalue weighted by Gasteiger charge is -2.13. The summed E-state index contributed by atoms with van der Waals surface area (Å²) in [7, 11) is 0. The fraction of sp³-hybridized carbons (Fsp3) is 0.533. The van der Waals surface area contributed by atoms with Crippen molar-refractivity contribution >= 4 is 5.78 Å². The monoisotopic (exact) mass is 263 g/mol. The third-order valence-electron chi connectivity index (χ3n) is 3.16. The van der Waals surface area contributed by atoms with E-state index in [1.54, 1.807) is 24.3 Å². The Balaban J connectivity index is 1.73. The van der Waals surface area contributed by atoms with E-state index in [1.807, 2.05) is 6.92 Å². The van der Waals surface area contributed by atoms with Gasteiger partial charge in [0.2, 0.25) is 0 Å². The SMILES string of the molecule is CCC(=O)c1ccc(OCC(O)CNC2CC2)cc1. The first-order valence-electron chi connectivity index (χ1n) is 6.86. The van der Waals surface area contributed by atoms with Gasteiger partial charge in [0, 0.05) is 24.6 Å². The van der Waals surface area contributed by atoms with Crippen molar-refractivity contribution in [3.05, 3.63) is 29.8 Å². The maximum atomic E-state index is 11.5. The highest BCUT2D eigenvalue weighted by Crippen LogP contribution is 2.18. The third kappa shape index (κ3) is 4.65. The smallest absolute Gasteiger partial charge is 0.162 e. The molecule has 104 valence electrons. The fourth-order valence-electron chi connectivity index (χ4n) is 1.78. The molecule has 1 fully saturated rings. The van der Waals surface area contributed by atoms with Crippen LogP contribution in [0.25, 0.3) is 0 Å². The number of carbonyl (C=O) groups excluding carboxylic acids is 1. The molecule has 0 spiro atoms. The highest BCUT2D eigenvalue weighted by molar-refractivity contribution is 5.95. The van der Waals surface area contributed by atoms with Gasteiger partial charge in [-0.15, -0.1) is 0 Å². The van der Waals surface area contributed by atoms with Gasteiger partial charge in [0.1, 0.15) is 18.5 Å². The number of nitrogens with one attached hydrogen (secondary N) is 1. The van der Waals surface area contributed by atoms with Gasteiger partial charge in [0.05, 0.1) is 0 Å². The molecule has 1 aliphatic rings. The number of rotatable bonds is 8. The van der Waals surface area contributed by atoms with Crippen LogP contribution in [-0.2, 0) is 0 Å². The molecule has 0 saturated heterocycles. The van der Waals surface area contributed by atoms with Crippen LogP contribution < -0.4 is 10.1 Å². The van der Waals surface area contributed by atoms with Gasteiger partial charge in [-0.1, -0.05) is 6.92 Å². The maximum Gasteiger partial charge on any atom is 0.162 e. The molecule has 2 N–H and O–H groups in total. The average molecular weight is 263 g/mol. The lowest BCUT2D eigenvalue weighted by atomic mass is 10.1. The molecule has 0 bridgehead atoms. The minimum absolute atomic E-state index is 0.125. The fourth-order valence-corrected chi connectivity index (χ4v) is 1.78. The predicted octanol–water partition coefficient (Wildman–Crippen LogP) is 1.77. The van der Waals surface area contributed by atoms with Crippen molar-refractivity contribution in [3.63, 3.8) is 0 Å². The second-order valence-electron chi connectivity index (χ2n) is 4.95. The first-order chi connectivity index (χ1) is 9.19. The largest absolute Gasteiger partial charge is 0.491 e. The molecule has 1 atom stereocenters. The van der Waals surface area contributed by atoms with E-state index in [9.17, 15) is 9.90 Å². The molecule has 0 amide bonds. The zero-order valence-corrected chi connectivity index (χ0v) is 11.3. The van der Waals surface area contributed by atoms with Crippen LogP contribution >= 0.6 is 0 Å². The minimum Gasteiger partial charge on any atom is -0.491 e. The number of aliphatic hydroxyl groups is 1. The van der Waals surface area contributed by atoms with E-state index in [2.05, 4.69) is 5.32 Å². The molecule has 2 rings (SSSR count). The van der Waals surface area contributed by atoms with Gasteiger partial charge in [-0.25, -0.2) is 0 Å². The molecule has 1 unspecified atom stereocenters. The summed E-state index contributed by atoms with van der Waals surface area (Å²) < 4.78 is 5.49. The summed E-state index contributed by atoms with van der Waals surface area (Å²) >= 11 is 0. The molecule has 1 aromatic rings. The zero-order chi connectivity index (χ0) is 13.7. The first kappa shape index (κ1) is 14.0. The quantitative estimate of drug-likeness (QED) is 0.702. The first-order valence-corrected chi connectivity index (χ1v) is 6.86. The number of benzene rings is 1. The van der Waals surface area contributed by atoms with Crippen molar-refractivity contribution in [1.29, 1.82) is 0 Å². The van der Waals surface area contributed by atoms with Crippen LogP contribution in [0.4, 0.5) is 0 Å². The molecule has 1 aliphatic carbocycles. The maximum absolute atomic E-state index is 11.5. The summed E-state index contributed by atoms with van der Waals surface area (Å²) in [6.07, 6.45) is 2.42. The van der Waals surface area contributed by atoms with Gasteiger partial charge < -0.3 is 15.2 Å². The van der Waals surface area contributed by atoms with Crippen molar-refractivity contribution < 1.29 is 14.6 Å². The number of hydrogen-bond donors (Lipinski definition) is 2. The Morgan fingerprint density at radius 2 is 2.11 bits per heavy atom. The molecule has 1 saturated carbocycles. The highest BCUT2D eigenvalue weighted by Gasteiger charge is 2.21. The van der Waals surface area contributed by atoms with Gasteiger partial charge >= 0.3 is 0 Å². The number of hydrogen-bond acceptors (Lipinski definition) is 4. The van der Waals surface area contributed by atoms with Crippen LogP contribution in [0.2, 0.25) is 0 Å². The van der Waals surface area contributed by atoms with Crippen molar-refractivity contribution in [2.75, 3.05) is 13.2 Å². The molecule has 0 radical (unpaired) electrons. The average Bonchev–Trinajstić information content (AvgIpc) is 3.26. The Hall–Kier alpha value is -1.39. The molecule has 19 heavy (non-hydrogen) atoms. The van der Waals surface area contributed by atoms with E-state index in [4.69, 9.17) is 4.74 Å². The Labute approximate surface area is 113 Å². The van der Waals surface area contributed by atoms with E-state index < -0.39 is 6.10 Å². The second kappa shape index (κ2) is 6.68. The summed E-state index contributed by atoms with van der Waals surface area (Å²) in [4.78, 5) is 11.5. The summed E-state index contributed by atoms with van der Waals surface area (Å²) in [6, 6.07) is 7.65. The summed E-state index contributed by atoms with van der Waals surface area (Å²) in [5.41, 5.74) is 0.700. The van der Waals surface area contributed by atoms with Crippen LogP contribution in [0.3, 0.4) is 0 Å². The van der Waals surface area contributed by atoms with Gasteiger partial charge in [-0.3, -0.25) is 4.79 Å². The molecule has 0 heterocycles. The number of ether oxygens (including phenoxy) is 1. The molecule has 1 aromatic carbocycles. The van der Waals surface area contributed by atoms with Crippen LogP contribution in [0.1, 0.15) is 36.5 Å². The van der Waals surface area contributed by atoms with E-state index in [0.29, 0.717) is 30.3 Å². The van der Waals surface area contributed by atoms with Gasteiger partial charge in [-0.2, -0.15) is 0 Å². The lowest BCUT2D eigenvalue weighted by Crippen LogP contribution is -2.32. The molecular weight excluding hydrogens is 242 g/mol. The normalized spacial score (nSPS) is 16.1. The van der Waals surface area contributed by atoms with Crippen LogP contribution in [-0.4, -0.2) is 36.2 Å². The van der Waals surface area contributed by atoms with Gasteiger partial charge in [0.25, 0.3) is 0 Å². The molecule has 4 heteroatoms. The standard InChI is InChI=1S/C15H21NO3/c1-2-15(18)11-3-7-14(8-4-11)19-10-13(17)9-16-12-5-6-12/h3-4,7-8,12-13,16-17H,2,5-6,9-10H2,1H3. The minimum atomic E-state index is -0.502. The number of Topliss-reactive ketones (excluding diaryl/α,β-unsaturated/α-hetero) is 1. The molecule has 0 aromatic heterocycles.